The second-order valence-electron chi connectivity index (χ2n) is 8.67. The molecule has 0 spiro atoms. The number of rotatable bonds is 8. The lowest BCUT2D eigenvalue weighted by molar-refractivity contribution is -0.130. The van der Waals surface area contributed by atoms with Crippen LogP contribution in [0.25, 0.3) is 21.1 Å². The van der Waals surface area contributed by atoms with Gasteiger partial charge in [-0.3, -0.25) is 4.79 Å². The van der Waals surface area contributed by atoms with E-state index in [0.717, 1.165) is 34.0 Å². The van der Waals surface area contributed by atoms with E-state index in [9.17, 15) is 10.1 Å². The molecule has 1 amide bonds. The third-order valence-corrected chi connectivity index (χ3v) is 6.83. The SMILES string of the molecule is CC(C)Oc1ccc(-c2nnc(-c3ccc4c(c3)CCN(C(=O)CNCCO)CC4)s2)cc1C#N. The van der Waals surface area contributed by atoms with E-state index in [1.54, 1.807) is 6.07 Å². The predicted molar refractivity (Wildman–Crippen MR) is 135 cm³/mol. The molecule has 2 heterocycles. The molecule has 0 saturated carbocycles. The van der Waals surface area contributed by atoms with Crippen LogP contribution >= 0.6 is 11.3 Å². The highest BCUT2D eigenvalue weighted by Crippen LogP contribution is 2.33. The molecule has 35 heavy (non-hydrogen) atoms. The summed E-state index contributed by atoms with van der Waals surface area (Å²) in [6.45, 7) is 5.89. The number of benzene rings is 2. The predicted octanol–water partition coefficient (Wildman–Crippen LogP) is 3.04. The number of aromatic nitrogens is 2. The number of carbonyl (C=O) groups excluding carboxylic acids is 1. The number of nitrogens with zero attached hydrogens (tertiary/aromatic N) is 4. The first kappa shape index (κ1) is 24.8. The summed E-state index contributed by atoms with van der Waals surface area (Å²) in [7, 11) is 0. The maximum atomic E-state index is 12.5. The van der Waals surface area contributed by atoms with Crippen LogP contribution in [0.5, 0.6) is 5.75 Å². The number of fused-ring (bicyclic) bond motifs is 1. The summed E-state index contributed by atoms with van der Waals surface area (Å²) in [5, 5.41) is 31.7. The third-order valence-electron chi connectivity index (χ3n) is 5.81. The van der Waals surface area contributed by atoms with Crippen molar-refractivity contribution in [1.82, 2.24) is 20.4 Å². The molecule has 2 aromatic carbocycles. The van der Waals surface area contributed by atoms with Crippen LogP contribution in [0, 0.1) is 11.3 Å². The zero-order valence-corrected chi connectivity index (χ0v) is 20.8. The van der Waals surface area contributed by atoms with Gasteiger partial charge in [0.15, 0.2) is 0 Å². The molecule has 9 heteroatoms. The van der Waals surface area contributed by atoms with Crippen LogP contribution < -0.4 is 10.1 Å². The maximum Gasteiger partial charge on any atom is 0.236 e. The van der Waals surface area contributed by atoms with Gasteiger partial charge in [-0.25, -0.2) is 0 Å². The maximum absolute atomic E-state index is 12.5. The van der Waals surface area contributed by atoms with Crippen molar-refractivity contribution < 1.29 is 14.6 Å². The summed E-state index contributed by atoms with van der Waals surface area (Å²) in [5.74, 6) is 0.625. The Morgan fingerprint density at radius 1 is 1.14 bits per heavy atom. The Morgan fingerprint density at radius 2 is 1.83 bits per heavy atom. The molecule has 4 rings (SSSR count). The van der Waals surface area contributed by atoms with E-state index in [0.29, 0.717) is 30.9 Å². The number of aliphatic hydroxyl groups is 1. The van der Waals surface area contributed by atoms with Gasteiger partial charge in [-0.1, -0.05) is 23.5 Å². The molecule has 1 aromatic heterocycles. The summed E-state index contributed by atoms with van der Waals surface area (Å²) >= 11 is 1.48. The lowest BCUT2D eigenvalue weighted by Crippen LogP contribution is -2.40. The molecule has 1 aliphatic rings. The van der Waals surface area contributed by atoms with Crippen LogP contribution in [0.4, 0.5) is 0 Å². The number of carbonyl (C=O) groups is 1. The fourth-order valence-electron chi connectivity index (χ4n) is 4.06. The minimum atomic E-state index is -0.0116. The van der Waals surface area contributed by atoms with E-state index in [1.165, 1.54) is 22.5 Å². The first-order chi connectivity index (χ1) is 17.0. The van der Waals surface area contributed by atoms with Crippen molar-refractivity contribution in [2.75, 3.05) is 32.8 Å². The second-order valence-corrected chi connectivity index (χ2v) is 9.64. The first-order valence-corrected chi connectivity index (χ1v) is 12.6. The van der Waals surface area contributed by atoms with Gasteiger partial charge in [-0.2, -0.15) is 5.26 Å². The average Bonchev–Trinajstić information content (AvgIpc) is 3.25. The Morgan fingerprint density at radius 3 is 2.51 bits per heavy atom. The number of ether oxygens (including phenoxy) is 1. The van der Waals surface area contributed by atoms with Gasteiger partial charge in [-0.05, 0) is 62.1 Å². The van der Waals surface area contributed by atoms with Gasteiger partial charge in [0.1, 0.15) is 21.8 Å². The highest BCUT2D eigenvalue weighted by Gasteiger charge is 2.19. The molecular weight excluding hydrogens is 462 g/mol. The third kappa shape index (κ3) is 6.03. The molecule has 0 radical (unpaired) electrons. The van der Waals surface area contributed by atoms with Gasteiger partial charge in [-0.15, -0.1) is 10.2 Å². The monoisotopic (exact) mass is 491 g/mol. The van der Waals surface area contributed by atoms with Crippen LogP contribution in [0.2, 0.25) is 0 Å². The minimum absolute atomic E-state index is 0.0116. The molecule has 182 valence electrons. The summed E-state index contributed by atoms with van der Waals surface area (Å²) in [5.41, 5.74) is 4.78. The topological polar surface area (TPSA) is 111 Å². The Bertz CT molecular complexity index is 1230. The summed E-state index contributed by atoms with van der Waals surface area (Å²) in [4.78, 5) is 14.3. The molecule has 1 aliphatic heterocycles. The normalized spacial score (nSPS) is 13.3. The zero-order chi connectivity index (χ0) is 24.8. The van der Waals surface area contributed by atoms with E-state index >= 15 is 0 Å². The number of hydrogen-bond donors (Lipinski definition) is 2. The van der Waals surface area contributed by atoms with Gasteiger partial charge >= 0.3 is 0 Å². The lowest BCUT2D eigenvalue weighted by Gasteiger charge is -2.20. The van der Waals surface area contributed by atoms with Crippen LogP contribution in [-0.4, -0.2) is 65.0 Å². The van der Waals surface area contributed by atoms with Crippen molar-refractivity contribution in [3.63, 3.8) is 0 Å². The number of aliphatic hydroxyl groups excluding tert-OH is 1. The molecule has 2 N–H and O–H groups in total. The molecule has 8 nitrogen and oxygen atoms in total. The summed E-state index contributed by atoms with van der Waals surface area (Å²) in [6.07, 6.45) is 1.58. The minimum Gasteiger partial charge on any atom is -0.490 e. The van der Waals surface area contributed by atoms with Gasteiger partial charge in [0.2, 0.25) is 5.91 Å². The average molecular weight is 492 g/mol. The fourth-order valence-corrected chi connectivity index (χ4v) is 4.89. The van der Waals surface area contributed by atoms with E-state index in [1.807, 2.05) is 30.9 Å². The van der Waals surface area contributed by atoms with E-state index in [4.69, 9.17) is 9.84 Å². The molecule has 0 unspecified atom stereocenters. The summed E-state index contributed by atoms with van der Waals surface area (Å²) in [6, 6.07) is 14.0. The molecule has 0 aliphatic carbocycles. The smallest absolute Gasteiger partial charge is 0.236 e. The molecule has 0 bridgehead atoms. The van der Waals surface area contributed by atoms with Crippen LogP contribution in [0.1, 0.15) is 30.5 Å². The van der Waals surface area contributed by atoms with E-state index in [-0.39, 0.29) is 25.2 Å². The number of nitrogens with one attached hydrogen (secondary N) is 1. The van der Waals surface area contributed by atoms with Gasteiger partial charge in [0.25, 0.3) is 0 Å². The fraction of sp³-hybridized carbons (Fsp3) is 0.385. The van der Waals surface area contributed by atoms with E-state index in [2.05, 4.69) is 39.8 Å². The molecule has 3 aromatic rings. The quantitative estimate of drug-likeness (QED) is 0.466. The highest BCUT2D eigenvalue weighted by molar-refractivity contribution is 7.17. The van der Waals surface area contributed by atoms with Crippen molar-refractivity contribution in [1.29, 1.82) is 5.26 Å². The molecule has 0 saturated heterocycles. The highest BCUT2D eigenvalue weighted by atomic mass is 32.1. The number of hydrogen-bond acceptors (Lipinski definition) is 8. The standard InChI is InChI=1S/C26H29N5O3S/c1-17(2)34-23-6-5-21(14-22(23)15-27)26-30-29-25(35-26)20-4-3-18-7-10-31(11-8-19(18)13-20)24(33)16-28-9-12-32/h3-6,13-14,17,28,32H,7-12,16H2,1-2H3. The molecule has 0 atom stereocenters. The Hall–Kier alpha value is -3.32. The van der Waals surface area contributed by atoms with Gasteiger partial charge < -0.3 is 20.1 Å². The Balaban J connectivity index is 1.49. The molecule has 0 fully saturated rings. The van der Waals surface area contributed by atoms with E-state index < -0.39 is 0 Å². The summed E-state index contributed by atoms with van der Waals surface area (Å²) < 4.78 is 5.72. The Kier molecular flexibility index (Phi) is 8.08. The lowest BCUT2D eigenvalue weighted by atomic mass is 10.0. The Labute approximate surface area is 209 Å². The van der Waals surface area contributed by atoms with Crippen molar-refractivity contribution in [3.8, 4) is 33.0 Å². The van der Waals surface area contributed by atoms with Crippen molar-refractivity contribution in [2.24, 2.45) is 0 Å². The zero-order valence-electron chi connectivity index (χ0n) is 20.0. The van der Waals surface area contributed by atoms with Crippen LogP contribution in [0.3, 0.4) is 0 Å². The van der Waals surface area contributed by atoms with Crippen molar-refractivity contribution in [2.45, 2.75) is 32.8 Å². The first-order valence-electron chi connectivity index (χ1n) is 11.7. The number of nitriles is 1. The van der Waals surface area contributed by atoms with Crippen molar-refractivity contribution in [3.05, 3.63) is 53.1 Å². The van der Waals surface area contributed by atoms with Crippen LogP contribution in [-0.2, 0) is 17.6 Å². The molecular formula is C26H29N5O3S. The van der Waals surface area contributed by atoms with Gasteiger partial charge in [0, 0.05) is 30.8 Å². The van der Waals surface area contributed by atoms with Crippen LogP contribution in [0.15, 0.2) is 36.4 Å². The van der Waals surface area contributed by atoms with Gasteiger partial charge in [0.05, 0.1) is 24.8 Å². The van der Waals surface area contributed by atoms with Crippen molar-refractivity contribution >= 4 is 17.2 Å². The second kappa shape index (κ2) is 11.4. The number of amides is 1. The largest absolute Gasteiger partial charge is 0.490 e.